The van der Waals surface area contributed by atoms with Crippen molar-refractivity contribution in [1.82, 2.24) is 0 Å². The number of carbonyl (C=O) groups excluding carboxylic acids is 1. The van der Waals surface area contributed by atoms with Gasteiger partial charge >= 0.3 is 0 Å². The molecule has 3 nitrogen and oxygen atoms in total. The van der Waals surface area contributed by atoms with Gasteiger partial charge in [-0.15, -0.1) is 6.58 Å². The Balaban J connectivity index is 2.12. The van der Waals surface area contributed by atoms with Gasteiger partial charge in [-0.05, 0) is 11.1 Å². The third-order valence-electron chi connectivity index (χ3n) is 2.87. The standard InChI is InChI=1S/C17H16O3/c1-2-12-20-17(19)16(18)15-10-8-14(9-11-15)13-6-4-3-5-7-13/h2-11,17,19H,1,12H2/t17-/m0/s1. The fourth-order valence-electron chi connectivity index (χ4n) is 1.83. The van der Waals surface area contributed by atoms with Crippen molar-refractivity contribution in [3.8, 4) is 11.1 Å². The average molecular weight is 268 g/mol. The molecule has 0 aliphatic rings. The molecule has 0 heterocycles. The minimum atomic E-state index is -1.45. The molecule has 3 heteroatoms. The molecule has 0 fully saturated rings. The lowest BCUT2D eigenvalue weighted by atomic mass is 10.0. The van der Waals surface area contributed by atoms with Gasteiger partial charge in [0.05, 0.1) is 6.61 Å². The summed E-state index contributed by atoms with van der Waals surface area (Å²) in [6.45, 7) is 3.60. The Bertz CT molecular complexity index is 573. The highest BCUT2D eigenvalue weighted by atomic mass is 16.6. The van der Waals surface area contributed by atoms with E-state index in [-0.39, 0.29) is 6.61 Å². The first kappa shape index (κ1) is 14.2. The molecule has 20 heavy (non-hydrogen) atoms. The third-order valence-corrected chi connectivity index (χ3v) is 2.87. The first-order valence-electron chi connectivity index (χ1n) is 6.32. The van der Waals surface area contributed by atoms with Crippen LogP contribution < -0.4 is 0 Å². The van der Waals surface area contributed by atoms with Crippen LogP contribution in [0.4, 0.5) is 0 Å². The van der Waals surface area contributed by atoms with Gasteiger partial charge in [0, 0.05) is 5.56 Å². The van der Waals surface area contributed by atoms with Crippen LogP contribution in [0.15, 0.2) is 67.3 Å². The lowest BCUT2D eigenvalue weighted by Crippen LogP contribution is -2.23. The summed E-state index contributed by atoms with van der Waals surface area (Å²) in [4.78, 5) is 11.9. The number of Topliss-reactive ketones (excluding diaryl/α,β-unsaturated/α-hetero) is 1. The molecule has 0 aliphatic carbocycles. The Morgan fingerprint density at radius 3 is 2.30 bits per heavy atom. The van der Waals surface area contributed by atoms with Crippen molar-refractivity contribution in [1.29, 1.82) is 0 Å². The molecule has 0 unspecified atom stereocenters. The SMILES string of the molecule is C=CCO[C@H](O)C(=O)c1ccc(-c2ccccc2)cc1. The van der Waals surface area contributed by atoms with E-state index in [2.05, 4.69) is 6.58 Å². The van der Waals surface area contributed by atoms with Crippen molar-refractivity contribution in [2.75, 3.05) is 6.61 Å². The van der Waals surface area contributed by atoms with Gasteiger partial charge in [-0.2, -0.15) is 0 Å². The van der Waals surface area contributed by atoms with Crippen LogP contribution in [0.25, 0.3) is 11.1 Å². The summed E-state index contributed by atoms with van der Waals surface area (Å²) in [5.41, 5.74) is 2.51. The van der Waals surface area contributed by atoms with Crippen molar-refractivity contribution in [2.24, 2.45) is 0 Å². The maximum Gasteiger partial charge on any atom is 0.220 e. The van der Waals surface area contributed by atoms with E-state index in [1.165, 1.54) is 6.08 Å². The van der Waals surface area contributed by atoms with Crippen molar-refractivity contribution in [3.05, 3.63) is 72.8 Å². The average Bonchev–Trinajstić information content (AvgIpc) is 2.53. The fourth-order valence-corrected chi connectivity index (χ4v) is 1.83. The second-order valence-electron chi connectivity index (χ2n) is 4.28. The topological polar surface area (TPSA) is 46.5 Å². The second-order valence-corrected chi connectivity index (χ2v) is 4.28. The zero-order valence-electron chi connectivity index (χ0n) is 11.0. The summed E-state index contributed by atoms with van der Waals surface area (Å²) in [5.74, 6) is -0.452. The molecule has 1 N–H and O–H groups in total. The van der Waals surface area contributed by atoms with E-state index < -0.39 is 12.1 Å². The number of hydrogen-bond acceptors (Lipinski definition) is 3. The van der Waals surface area contributed by atoms with Gasteiger partial charge in [-0.1, -0.05) is 60.7 Å². The van der Waals surface area contributed by atoms with Crippen molar-refractivity contribution >= 4 is 5.78 Å². The molecule has 102 valence electrons. The highest BCUT2D eigenvalue weighted by molar-refractivity contribution is 5.98. The molecular weight excluding hydrogens is 252 g/mol. The van der Waals surface area contributed by atoms with Gasteiger partial charge in [-0.3, -0.25) is 4.79 Å². The van der Waals surface area contributed by atoms with Crippen LogP contribution in [0.2, 0.25) is 0 Å². The number of carbonyl (C=O) groups is 1. The second kappa shape index (κ2) is 6.80. The summed E-state index contributed by atoms with van der Waals surface area (Å²) in [6, 6.07) is 16.9. The molecule has 0 saturated carbocycles. The summed E-state index contributed by atoms with van der Waals surface area (Å²) >= 11 is 0. The number of aliphatic hydroxyl groups is 1. The van der Waals surface area contributed by atoms with E-state index in [1.54, 1.807) is 12.1 Å². The summed E-state index contributed by atoms with van der Waals surface area (Å²) < 4.78 is 4.91. The number of hydrogen-bond donors (Lipinski definition) is 1. The first-order valence-corrected chi connectivity index (χ1v) is 6.32. The minimum Gasteiger partial charge on any atom is -0.362 e. The van der Waals surface area contributed by atoms with E-state index in [0.29, 0.717) is 5.56 Å². The van der Waals surface area contributed by atoms with Crippen LogP contribution in [0.3, 0.4) is 0 Å². The molecule has 2 rings (SSSR count). The minimum absolute atomic E-state index is 0.134. The van der Waals surface area contributed by atoms with Gasteiger partial charge in [0.15, 0.2) is 0 Å². The molecule has 0 radical (unpaired) electrons. The largest absolute Gasteiger partial charge is 0.362 e. The Kier molecular flexibility index (Phi) is 4.82. The Morgan fingerprint density at radius 2 is 1.70 bits per heavy atom. The molecule has 0 bridgehead atoms. The monoisotopic (exact) mass is 268 g/mol. The molecule has 2 aromatic carbocycles. The summed E-state index contributed by atoms with van der Waals surface area (Å²) in [6.07, 6.45) is 0.0326. The van der Waals surface area contributed by atoms with E-state index in [0.717, 1.165) is 11.1 Å². The summed E-state index contributed by atoms with van der Waals surface area (Å²) in [5, 5.41) is 9.57. The smallest absolute Gasteiger partial charge is 0.220 e. The van der Waals surface area contributed by atoms with E-state index in [1.807, 2.05) is 42.5 Å². The zero-order chi connectivity index (χ0) is 14.4. The van der Waals surface area contributed by atoms with E-state index in [9.17, 15) is 9.90 Å². The van der Waals surface area contributed by atoms with Crippen molar-refractivity contribution in [2.45, 2.75) is 6.29 Å². The molecule has 0 amide bonds. The van der Waals surface area contributed by atoms with Crippen LogP contribution in [0, 0.1) is 0 Å². The summed E-state index contributed by atoms with van der Waals surface area (Å²) in [7, 11) is 0. The third kappa shape index (κ3) is 3.41. The predicted molar refractivity (Wildman–Crippen MR) is 78.4 cm³/mol. The van der Waals surface area contributed by atoms with E-state index in [4.69, 9.17) is 4.74 Å². The van der Waals surface area contributed by atoms with Gasteiger partial charge in [0.25, 0.3) is 0 Å². The van der Waals surface area contributed by atoms with Crippen LogP contribution in [0.5, 0.6) is 0 Å². The van der Waals surface area contributed by atoms with Crippen LogP contribution in [0.1, 0.15) is 10.4 Å². The maximum absolute atomic E-state index is 11.9. The lowest BCUT2D eigenvalue weighted by Gasteiger charge is -2.10. The Labute approximate surface area is 118 Å². The first-order chi connectivity index (χ1) is 9.72. The molecule has 0 aromatic heterocycles. The van der Waals surface area contributed by atoms with Gasteiger partial charge in [0.1, 0.15) is 0 Å². The number of ether oxygens (including phenoxy) is 1. The van der Waals surface area contributed by atoms with Gasteiger partial charge in [-0.25, -0.2) is 0 Å². The lowest BCUT2D eigenvalue weighted by molar-refractivity contribution is -0.0619. The Morgan fingerprint density at radius 1 is 1.10 bits per heavy atom. The number of benzene rings is 2. The van der Waals surface area contributed by atoms with Crippen LogP contribution >= 0.6 is 0 Å². The molecule has 1 atom stereocenters. The molecular formula is C17H16O3. The van der Waals surface area contributed by atoms with Gasteiger partial charge in [0.2, 0.25) is 12.1 Å². The van der Waals surface area contributed by atoms with E-state index >= 15 is 0 Å². The van der Waals surface area contributed by atoms with Crippen molar-refractivity contribution < 1.29 is 14.6 Å². The molecule has 0 spiro atoms. The van der Waals surface area contributed by atoms with Gasteiger partial charge < -0.3 is 9.84 Å². The zero-order valence-corrected chi connectivity index (χ0v) is 11.0. The molecule has 0 saturated heterocycles. The Hall–Kier alpha value is -2.23. The quantitative estimate of drug-likeness (QED) is 0.497. The van der Waals surface area contributed by atoms with Crippen LogP contribution in [-0.4, -0.2) is 23.8 Å². The number of rotatable bonds is 6. The number of aliphatic hydroxyl groups excluding tert-OH is 1. The normalized spacial score (nSPS) is 11.8. The van der Waals surface area contributed by atoms with Crippen molar-refractivity contribution in [3.63, 3.8) is 0 Å². The molecule has 0 aliphatic heterocycles. The molecule has 2 aromatic rings. The highest BCUT2D eigenvalue weighted by Gasteiger charge is 2.17. The fraction of sp³-hybridized carbons (Fsp3) is 0.118. The maximum atomic E-state index is 11.9. The van der Waals surface area contributed by atoms with Crippen LogP contribution in [-0.2, 0) is 4.74 Å². The number of ketones is 1. The predicted octanol–water partition coefficient (Wildman–Crippen LogP) is 3.06. The highest BCUT2D eigenvalue weighted by Crippen LogP contribution is 2.19.